The molecule has 2 rings (SSSR count). The van der Waals surface area contributed by atoms with Gasteiger partial charge in [0.1, 0.15) is 5.75 Å². The van der Waals surface area contributed by atoms with Crippen molar-refractivity contribution in [1.29, 1.82) is 0 Å². The number of urea groups is 1. The molecule has 110 valence electrons. The number of methoxy groups -OCH3 is 1. The summed E-state index contributed by atoms with van der Waals surface area (Å²) < 4.78 is 5.15. The van der Waals surface area contributed by atoms with Crippen LogP contribution >= 0.6 is 23.2 Å². The van der Waals surface area contributed by atoms with E-state index in [1.165, 1.54) is 19.2 Å². The fourth-order valence-corrected chi connectivity index (χ4v) is 2.33. The second-order valence-electron chi connectivity index (χ2n) is 4.14. The van der Waals surface area contributed by atoms with Crippen LogP contribution < -0.4 is 21.1 Å². The Balaban J connectivity index is 2.16. The lowest BCUT2D eigenvalue weighted by atomic mass is 10.3. The van der Waals surface area contributed by atoms with Crippen molar-refractivity contribution in [3.8, 4) is 5.75 Å². The Morgan fingerprint density at radius 3 is 2.38 bits per heavy atom. The Morgan fingerprint density at radius 1 is 1.14 bits per heavy atom. The van der Waals surface area contributed by atoms with Crippen LogP contribution in [0.2, 0.25) is 10.0 Å². The summed E-state index contributed by atoms with van der Waals surface area (Å²) in [6.07, 6.45) is 0. The Bertz CT molecular complexity index is 654. The molecule has 0 spiro atoms. The highest BCUT2D eigenvalue weighted by Crippen LogP contribution is 2.33. The van der Waals surface area contributed by atoms with Crippen LogP contribution in [0.25, 0.3) is 0 Å². The molecule has 2 amide bonds. The predicted molar refractivity (Wildman–Crippen MR) is 86.5 cm³/mol. The van der Waals surface area contributed by atoms with Crippen molar-refractivity contribution in [2.75, 3.05) is 23.5 Å². The molecule has 0 heterocycles. The third-order valence-corrected chi connectivity index (χ3v) is 3.25. The molecule has 4 N–H and O–H groups in total. The average molecular weight is 326 g/mol. The Labute approximate surface area is 132 Å². The molecule has 0 aliphatic rings. The van der Waals surface area contributed by atoms with Crippen LogP contribution in [0.1, 0.15) is 0 Å². The number of hydrogen-bond acceptors (Lipinski definition) is 3. The minimum atomic E-state index is -0.493. The molecule has 0 unspecified atom stereocenters. The van der Waals surface area contributed by atoms with E-state index in [4.69, 9.17) is 33.7 Å². The summed E-state index contributed by atoms with van der Waals surface area (Å²) in [7, 11) is 1.52. The highest BCUT2D eigenvalue weighted by atomic mass is 35.5. The zero-order valence-corrected chi connectivity index (χ0v) is 12.6. The number of hydrogen-bond donors (Lipinski definition) is 3. The van der Waals surface area contributed by atoms with Gasteiger partial charge in [0.05, 0.1) is 28.5 Å². The topological polar surface area (TPSA) is 76.4 Å². The van der Waals surface area contributed by atoms with E-state index in [2.05, 4.69) is 10.6 Å². The van der Waals surface area contributed by atoms with Crippen molar-refractivity contribution in [3.05, 3.63) is 46.4 Å². The first-order valence-electron chi connectivity index (χ1n) is 5.97. The van der Waals surface area contributed by atoms with Gasteiger partial charge in [-0.25, -0.2) is 4.79 Å². The minimum absolute atomic E-state index is 0.259. The van der Waals surface area contributed by atoms with E-state index in [0.717, 1.165) is 0 Å². The molecule has 0 saturated heterocycles. The maximum absolute atomic E-state index is 12.0. The van der Waals surface area contributed by atoms with Gasteiger partial charge < -0.3 is 21.1 Å². The van der Waals surface area contributed by atoms with E-state index >= 15 is 0 Å². The standard InChI is InChI=1S/C14H13Cl2N3O2/c1-21-12-5-3-2-4-11(12)18-14(20)19-13-9(15)6-8(17)7-10(13)16/h2-7H,17H2,1H3,(H2,18,19,20). The molecular formula is C14H13Cl2N3O2. The first kappa shape index (κ1) is 15.3. The van der Waals surface area contributed by atoms with Crippen LogP contribution in [0.3, 0.4) is 0 Å². The summed E-state index contributed by atoms with van der Waals surface area (Å²) in [5.41, 5.74) is 6.84. The Hall–Kier alpha value is -2.11. The summed E-state index contributed by atoms with van der Waals surface area (Å²) in [6.45, 7) is 0. The second kappa shape index (κ2) is 6.56. The molecule has 2 aromatic rings. The highest BCUT2D eigenvalue weighted by Gasteiger charge is 2.12. The second-order valence-corrected chi connectivity index (χ2v) is 4.95. The van der Waals surface area contributed by atoms with E-state index in [1.807, 2.05) is 0 Å². The number of anilines is 3. The van der Waals surface area contributed by atoms with Gasteiger partial charge in [0.25, 0.3) is 0 Å². The number of carbonyl (C=O) groups excluding carboxylic acids is 1. The van der Waals surface area contributed by atoms with Crippen molar-refractivity contribution < 1.29 is 9.53 Å². The lowest BCUT2D eigenvalue weighted by Gasteiger charge is -2.13. The largest absolute Gasteiger partial charge is 0.495 e. The molecular weight excluding hydrogens is 313 g/mol. The molecule has 7 heteroatoms. The number of carbonyl (C=O) groups is 1. The van der Waals surface area contributed by atoms with Gasteiger partial charge in [0.15, 0.2) is 0 Å². The van der Waals surface area contributed by atoms with Gasteiger partial charge in [0.2, 0.25) is 0 Å². The van der Waals surface area contributed by atoms with Gasteiger partial charge in [-0.05, 0) is 24.3 Å². The quantitative estimate of drug-likeness (QED) is 0.739. The Morgan fingerprint density at radius 2 is 1.76 bits per heavy atom. The van der Waals surface area contributed by atoms with Crippen LogP contribution in [-0.2, 0) is 0 Å². The third-order valence-electron chi connectivity index (χ3n) is 2.66. The molecule has 2 aromatic carbocycles. The first-order valence-corrected chi connectivity index (χ1v) is 6.72. The maximum Gasteiger partial charge on any atom is 0.323 e. The van der Waals surface area contributed by atoms with E-state index in [0.29, 0.717) is 22.8 Å². The number of benzene rings is 2. The van der Waals surface area contributed by atoms with Crippen molar-refractivity contribution in [2.24, 2.45) is 0 Å². The van der Waals surface area contributed by atoms with Crippen LogP contribution in [0.15, 0.2) is 36.4 Å². The lowest BCUT2D eigenvalue weighted by Crippen LogP contribution is -2.20. The zero-order chi connectivity index (χ0) is 15.4. The molecule has 0 saturated carbocycles. The van der Waals surface area contributed by atoms with E-state index < -0.39 is 6.03 Å². The average Bonchev–Trinajstić information content (AvgIpc) is 2.43. The monoisotopic (exact) mass is 325 g/mol. The van der Waals surface area contributed by atoms with Gasteiger partial charge in [0, 0.05) is 5.69 Å². The fourth-order valence-electron chi connectivity index (χ4n) is 1.73. The summed E-state index contributed by atoms with van der Waals surface area (Å²) in [6, 6.07) is 9.55. The van der Waals surface area contributed by atoms with E-state index in [1.54, 1.807) is 24.3 Å². The van der Waals surface area contributed by atoms with Crippen molar-refractivity contribution in [3.63, 3.8) is 0 Å². The fraction of sp³-hybridized carbons (Fsp3) is 0.0714. The number of ether oxygens (including phenoxy) is 1. The normalized spacial score (nSPS) is 10.0. The van der Waals surface area contributed by atoms with Crippen molar-refractivity contribution in [2.45, 2.75) is 0 Å². The van der Waals surface area contributed by atoms with Crippen LogP contribution in [-0.4, -0.2) is 13.1 Å². The van der Waals surface area contributed by atoms with Gasteiger partial charge in [-0.15, -0.1) is 0 Å². The number of halogens is 2. The Kier molecular flexibility index (Phi) is 4.77. The molecule has 0 radical (unpaired) electrons. The van der Waals surface area contributed by atoms with Crippen LogP contribution in [0, 0.1) is 0 Å². The van der Waals surface area contributed by atoms with Gasteiger partial charge in [-0.2, -0.15) is 0 Å². The summed E-state index contributed by atoms with van der Waals surface area (Å²) in [4.78, 5) is 12.0. The summed E-state index contributed by atoms with van der Waals surface area (Å²) in [5, 5.41) is 5.75. The SMILES string of the molecule is COc1ccccc1NC(=O)Nc1c(Cl)cc(N)cc1Cl. The lowest BCUT2D eigenvalue weighted by molar-refractivity contribution is 0.262. The molecule has 21 heavy (non-hydrogen) atoms. The smallest absolute Gasteiger partial charge is 0.323 e. The summed E-state index contributed by atoms with van der Waals surface area (Å²) >= 11 is 12.0. The van der Waals surface area contributed by atoms with Crippen molar-refractivity contribution in [1.82, 2.24) is 0 Å². The van der Waals surface area contributed by atoms with Crippen LogP contribution in [0.5, 0.6) is 5.75 Å². The maximum atomic E-state index is 12.0. The molecule has 0 bridgehead atoms. The first-order chi connectivity index (χ1) is 10.0. The number of nitrogen functional groups attached to an aromatic ring is 1. The zero-order valence-electron chi connectivity index (χ0n) is 11.1. The highest BCUT2D eigenvalue weighted by molar-refractivity contribution is 6.40. The van der Waals surface area contributed by atoms with Crippen LogP contribution in [0.4, 0.5) is 21.9 Å². The summed E-state index contributed by atoms with van der Waals surface area (Å²) in [5.74, 6) is 0.544. The van der Waals surface area contributed by atoms with Crippen molar-refractivity contribution >= 4 is 46.3 Å². The molecule has 0 aliphatic heterocycles. The molecule has 0 aliphatic carbocycles. The van der Waals surface area contributed by atoms with E-state index in [9.17, 15) is 4.79 Å². The molecule has 5 nitrogen and oxygen atoms in total. The number of amides is 2. The number of rotatable bonds is 3. The molecule has 0 atom stereocenters. The molecule has 0 aromatic heterocycles. The predicted octanol–water partition coefficient (Wildman–Crippen LogP) is 4.23. The number of nitrogens with one attached hydrogen (secondary N) is 2. The number of nitrogens with two attached hydrogens (primary N) is 1. The van der Waals surface area contributed by atoms with Gasteiger partial charge in [-0.1, -0.05) is 35.3 Å². The number of para-hydroxylation sites is 2. The van der Waals surface area contributed by atoms with E-state index in [-0.39, 0.29) is 10.0 Å². The third kappa shape index (κ3) is 3.71. The van der Waals surface area contributed by atoms with Gasteiger partial charge >= 0.3 is 6.03 Å². The molecule has 0 fully saturated rings. The van der Waals surface area contributed by atoms with Gasteiger partial charge in [-0.3, -0.25) is 0 Å². The minimum Gasteiger partial charge on any atom is -0.495 e.